The zero-order valence-electron chi connectivity index (χ0n) is 47.0. The molecule has 4 unspecified atom stereocenters. The lowest BCUT2D eigenvalue weighted by atomic mass is 10.00. The Morgan fingerprint density at radius 1 is 0.357 bits per heavy atom. The van der Waals surface area contributed by atoms with E-state index < -0.39 is 36.9 Å². The topological polar surface area (TPSA) is 110 Å². The van der Waals surface area contributed by atoms with Gasteiger partial charge in [0.2, 0.25) is 5.91 Å². The Balaban J connectivity index is 3.55. The van der Waals surface area contributed by atoms with E-state index in [1.165, 1.54) is 263 Å². The number of nitrogens with one attached hydrogen (secondary N) is 1. The molecule has 0 aliphatic rings. The lowest BCUT2D eigenvalue weighted by Gasteiger charge is -2.27. The summed E-state index contributed by atoms with van der Waals surface area (Å²) in [6.07, 6.45) is 74.0. The standard InChI is InChI=1S/C64H123NO5/c1-3-5-7-9-11-13-15-17-19-21-22-23-24-25-26-27-28-29-30-31-32-33-34-35-36-37-38-39-40-41-42-44-46-48-50-52-54-56-58-62(68)64(70)65-60(59-66)63(69)61(67)57-55-53-51-49-47-45-43-20-18-16-14-12-10-8-6-4-2/h28-29,31-32,49,51,60-63,66-69H,3-27,30,33-48,50,52-59H2,1-2H3,(H,65,70)/b29-28-,32-31-,51-49+. The molecule has 0 aliphatic carbocycles. The zero-order chi connectivity index (χ0) is 50.9. The summed E-state index contributed by atoms with van der Waals surface area (Å²) in [5.41, 5.74) is 0. The molecule has 0 aromatic carbocycles. The van der Waals surface area contributed by atoms with Gasteiger partial charge in [-0.3, -0.25) is 4.79 Å². The molecule has 0 heterocycles. The molecule has 70 heavy (non-hydrogen) atoms. The average molecular weight is 987 g/mol. The molecule has 5 N–H and O–H groups in total. The molecule has 1 amide bonds. The van der Waals surface area contributed by atoms with Crippen LogP contribution in [0.25, 0.3) is 0 Å². The third-order valence-corrected chi connectivity index (χ3v) is 14.8. The van der Waals surface area contributed by atoms with Crippen molar-refractivity contribution in [3.05, 3.63) is 36.5 Å². The minimum Gasteiger partial charge on any atom is -0.394 e. The molecule has 0 bridgehead atoms. The van der Waals surface area contributed by atoms with Crippen molar-refractivity contribution in [1.82, 2.24) is 5.32 Å². The smallest absolute Gasteiger partial charge is 0.249 e. The van der Waals surface area contributed by atoms with Crippen molar-refractivity contribution in [3.8, 4) is 0 Å². The molecule has 0 saturated carbocycles. The predicted molar refractivity (Wildman–Crippen MR) is 307 cm³/mol. The SMILES string of the molecule is CCCCCCCCCCCCC/C=C/CCCC(O)C(O)C(CO)NC(=O)C(O)CCCCCCCCCCCCCCCCCC/C=C\C/C=C\CCCCCCCCCCCCCCCCC. The van der Waals surface area contributed by atoms with Crippen LogP contribution in [-0.2, 0) is 4.79 Å². The number of unbranched alkanes of at least 4 members (excludes halogenated alkanes) is 43. The molecular formula is C64H123NO5. The summed E-state index contributed by atoms with van der Waals surface area (Å²) >= 11 is 0. The summed E-state index contributed by atoms with van der Waals surface area (Å²) in [4.78, 5) is 12.6. The Labute approximate surface area is 437 Å². The van der Waals surface area contributed by atoms with Crippen LogP contribution in [0, 0.1) is 0 Å². The number of aliphatic hydroxyl groups is 4. The van der Waals surface area contributed by atoms with Crippen LogP contribution in [-0.4, -0.2) is 57.3 Å². The zero-order valence-corrected chi connectivity index (χ0v) is 47.0. The molecule has 0 fully saturated rings. The first-order chi connectivity index (χ1) is 34.5. The molecular weight excluding hydrogens is 863 g/mol. The first-order valence-corrected chi connectivity index (χ1v) is 31.4. The molecule has 0 aromatic rings. The summed E-state index contributed by atoms with van der Waals surface area (Å²) in [5.74, 6) is -0.590. The normalized spacial score (nSPS) is 13.9. The monoisotopic (exact) mass is 986 g/mol. The van der Waals surface area contributed by atoms with E-state index in [-0.39, 0.29) is 0 Å². The number of rotatable bonds is 58. The molecule has 0 saturated heterocycles. The van der Waals surface area contributed by atoms with E-state index >= 15 is 0 Å². The van der Waals surface area contributed by atoms with Crippen molar-refractivity contribution < 1.29 is 25.2 Å². The van der Waals surface area contributed by atoms with Crippen molar-refractivity contribution in [1.29, 1.82) is 0 Å². The van der Waals surface area contributed by atoms with Crippen molar-refractivity contribution in [3.63, 3.8) is 0 Å². The highest BCUT2D eigenvalue weighted by molar-refractivity contribution is 5.80. The van der Waals surface area contributed by atoms with Crippen LogP contribution in [0.15, 0.2) is 36.5 Å². The maximum absolute atomic E-state index is 12.6. The molecule has 414 valence electrons. The van der Waals surface area contributed by atoms with Gasteiger partial charge in [0.15, 0.2) is 0 Å². The van der Waals surface area contributed by atoms with Gasteiger partial charge in [-0.05, 0) is 70.6 Å². The maximum atomic E-state index is 12.6. The lowest BCUT2D eigenvalue weighted by molar-refractivity contribution is -0.132. The van der Waals surface area contributed by atoms with Gasteiger partial charge >= 0.3 is 0 Å². The maximum Gasteiger partial charge on any atom is 0.249 e. The van der Waals surface area contributed by atoms with Crippen molar-refractivity contribution in [2.24, 2.45) is 0 Å². The van der Waals surface area contributed by atoms with Crippen molar-refractivity contribution >= 4 is 5.91 Å². The summed E-state index contributed by atoms with van der Waals surface area (Å²) in [6, 6.07) is -1.00. The van der Waals surface area contributed by atoms with Crippen LogP contribution in [0.5, 0.6) is 0 Å². The first kappa shape index (κ1) is 68.5. The molecule has 0 spiro atoms. The van der Waals surface area contributed by atoms with E-state index in [1.54, 1.807) is 0 Å². The summed E-state index contributed by atoms with van der Waals surface area (Å²) in [6.45, 7) is 4.07. The van der Waals surface area contributed by atoms with Crippen LogP contribution in [0.2, 0.25) is 0 Å². The number of amides is 1. The molecule has 0 aliphatic heterocycles. The second-order valence-corrected chi connectivity index (χ2v) is 21.7. The third kappa shape index (κ3) is 51.4. The van der Waals surface area contributed by atoms with Gasteiger partial charge in [-0.1, -0.05) is 301 Å². The molecule has 6 nitrogen and oxygen atoms in total. The fraction of sp³-hybridized carbons (Fsp3) is 0.891. The molecule has 6 heteroatoms. The minimum atomic E-state index is -1.28. The predicted octanol–water partition coefficient (Wildman–Crippen LogP) is 18.8. The Kier molecular flexibility index (Phi) is 57.2. The van der Waals surface area contributed by atoms with E-state index in [4.69, 9.17) is 0 Å². The number of aliphatic hydroxyl groups excluding tert-OH is 4. The highest BCUT2D eigenvalue weighted by atomic mass is 16.3. The summed E-state index contributed by atoms with van der Waals surface area (Å²) in [5, 5.41) is 44.0. The summed E-state index contributed by atoms with van der Waals surface area (Å²) in [7, 11) is 0. The average Bonchev–Trinajstić information content (AvgIpc) is 3.36. The van der Waals surface area contributed by atoms with Crippen molar-refractivity contribution in [2.45, 2.75) is 359 Å². The fourth-order valence-electron chi connectivity index (χ4n) is 9.91. The van der Waals surface area contributed by atoms with Crippen LogP contribution in [0.4, 0.5) is 0 Å². The summed E-state index contributed by atoms with van der Waals surface area (Å²) < 4.78 is 0. The molecule has 0 radical (unpaired) electrons. The van der Waals surface area contributed by atoms with Crippen LogP contribution < -0.4 is 5.32 Å². The van der Waals surface area contributed by atoms with E-state index in [0.29, 0.717) is 12.8 Å². The Morgan fingerprint density at radius 3 is 0.943 bits per heavy atom. The lowest BCUT2D eigenvalue weighted by Crippen LogP contribution is -2.53. The number of hydrogen-bond donors (Lipinski definition) is 5. The van der Waals surface area contributed by atoms with Gasteiger partial charge in [-0.2, -0.15) is 0 Å². The Morgan fingerprint density at radius 2 is 0.629 bits per heavy atom. The quantitative estimate of drug-likeness (QED) is 0.0308. The van der Waals surface area contributed by atoms with Gasteiger partial charge in [0.05, 0.1) is 18.8 Å². The number of carbonyl (C=O) groups excluding carboxylic acids is 1. The number of carbonyl (C=O) groups is 1. The Bertz CT molecular complexity index is 1110. The van der Waals surface area contributed by atoms with Gasteiger partial charge in [0, 0.05) is 0 Å². The molecule has 0 aromatic heterocycles. The fourth-order valence-corrected chi connectivity index (χ4v) is 9.91. The van der Waals surface area contributed by atoms with Crippen LogP contribution in [0.3, 0.4) is 0 Å². The second kappa shape index (κ2) is 58.4. The van der Waals surface area contributed by atoms with Gasteiger partial charge in [-0.15, -0.1) is 0 Å². The van der Waals surface area contributed by atoms with E-state index in [1.807, 2.05) is 0 Å². The number of allylic oxidation sites excluding steroid dienone is 6. The third-order valence-electron chi connectivity index (χ3n) is 14.8. The van der Waals surface area contributed by atoms with E-state index in [0.717, 1.165) is 44.9 Å². The highest BCUT2D eigenvalue weighted by Gasteiger charge is 2.28. The minimum absolute atomic E-state index is 0.364. The van der Waals surface area contributed by atoms with E-state index in [2.05, 4.69) is 55.6 Å². The van der Waals surface area contributed by atoms with Crippen molar-refractivity contribution in [2.75, 3.05) is 6.61 Å². The van der Waals surface area contributed by atoms with E-state index in [9.17, 15) is 25.2 Å². The van der Waals surface area contributed by atoms with Gasteiger partial charge < -0.3 is 25.7 Å². The second-order valence-electron chi connectivity index (χ2n) is 21.7. The largest absolute Gasteiger partial charge is 0.394 e. The molecule has 0 rings (SSSR count). The highest BCUT2D eigenvalue weighted by Crippen LogP contribution is 2.18. The van der Waals surface area contributed by atoms with Gasteiger partial charge in [0.1, 0.15) is 12.2 Å². The van der Waals surface area contributed by atoms with Crippen LogP contribution in [0.1, 0.15) is 335 Å². The van der Waals surface area contributed by atoms with Gasteiger partial charge in [0.25, 0.3) is 0 Å². The number of hydrogen-bond acceptors (Lipinski definition) is 5. The van der Waals surface area contributed by atoms with Crippen LogP contribution >= 0.6 is 0 Å². The Hall–Kier alpha value is -1.47. The first-order valence-electron chi connectivity index (χ1n) is 31.4. The molecule has 4 atom stereocenters. The van der Waals surface area contributed by atoms with Gasteiger partial charge in [-0.25, -0.2) is 0 Å².